The van der Waals surface area contributed by atoms with Gasteiger partial charge in [-0.25, -0.2) is 0 Å². The Bertz CT molecular complexity index is 815. The van der Waals surface area contributed by atoms with E-state index in [1.807, 2.05) is 6.92 Å². The number of phenolic OH excluding ortho intramolecular Hbond substituents is 1. The normalized spacial score (nSPS) is 27.3. The maximum Gasteiger partial charge on any atom is 0.504 e. The Kier molecular flexibility index (Phi) is 4.22. The van der Waals surface area contributed by atoms with Crippen LogP contribution in [-0.4, -0.2) is 55.1 Å². The van der Waals surface area contributed by atoms with Crippen molar-refractivity contribution in [3.8, 4) is 5.75 Å². The van der Waals surface area contributed by atoms with Gasteiger partial charge in [0.15, 0.2) is 0 Å². The van der Waals surface area contributed by atoms with Gasteiger partial charge in [0.05, 0.1) is 31.9 Å². The van der Waals surface area contributed by atoms with Gasteiger partial charge >= 0.3 is 6.69 Å². The van der Waals surface area contributed by atoms with E-state index in [2.05, 4.69) is 29.6 Å². The van der Waals surface area contributed by atoms with Crippen LogP contribution < -0.4 is 10.8 Å². The van der Waals surface area contributed by atoms with Crippen LogP contribution in [0.2, 0.25) is 0 Å². The second kappa shape index (κ2) is 6.43. The second-order valence-electron chi connectivity index (χ2n) is 7.17. The van der Waals surface area contributed by atoms with Crippen LogP contribution in [0.4, 0.5) is 0 Å². The Morgan fingerprint density at radius 1 is 1.12 bits per heavy atom. The van der Waals surface area contributed by atoms with Gasteiger partial charge in [-0.1, -0.05) is 47.4 Å². The van der Waals surface area contributed by atoms with Gasteiger partial charge in [-0.2, -0.15) is 0 Å². The molecule has 2 fully saturated rings. The summed E-state index contributed by atoms with van der Waals surface area (Å²) < 4.78 is 12.9. The summed E-state index contributed by atoms with van der Waals surface area (Å²) in [5.41, 5.74) is 2.49. The molecule has 0 spiro atoms. The molecule has 6 nitrogen and oxygen atoms in total. The molecule has 2 aliphatic heterocycles. The van der Waals surface area contributed by atoms with E-state index < -0.39 is 6.69 Å². The second-order valence-corrected chi connectivity index (χ2v) is 7.17. The van der Waals surface area contributed by atoms with Crippen LogP contribution in [0.25, 0.3) is 0 Å². The number of aromatic hydroxyl groups is 1. The fourth-order valence-electron chi connectivity index (χ4n) is 4.19. The number of fused-ring (bicyclic) bond motifs is 1. The molecular weight excluding hydrogens is 331 g/mol. The molecule has 2 saturated heterocycles. The number of quaternary nitrogens is 1. The van der Waals surface area contributed by atoms with Gasteiger partial charge < -0.3 is 24.1 Å². The van der Waals surface area contributed by atoms with Crippen LogP contribution in [0.15, 0.2) is 48.5 Å². The number of nitrogens with zero attached hydrogens (tertiary/aromatic N) is 1. The van der Waals surface area contributed by atoms with Crippen LogP contribution in [0.3, 0.4) is 0 Å². The lowest BCUT2D eigenvalue weighted by Gasteiger charge is -2.47. The van der Waals surface area contributed by atoms with Crippen molar-refractivity contribution < 1.29 is 23.6 Å². The van der Waals surface area contributed by atoms with Gasteiger partial charge in [0.2, 0.25) is 0 Å². The molecule has 2 aromatic carbocycles. The van der Waals surface area contributed by atoms with Gasteiger partial charge in [-0.15, -0.1) is 0 Å². The number of aryl methyl sites for hydroxylation is 1. The maximum atomic E-state index is 12.5. The Morgan fingerprint density at radius 2 is 1.77 bits per heavy atom. The highest BCUT2D eigenvalue weighted by Gasteiger charge is 2.59. The molecule has 0 bridgehead atoms. The van der Waals surface area contributed by atoms with Crippen molar-refractivity contribution in [2.75, 3.05) is 33.0 Å². The maximum absolute atomic E-state index is 12.5. The predicted octanol–water partition coefficient (Wildman–Crippen LogP) is 1.11. The molecule has 2 aliphatic rings. The van der Waals surface area contributed by atoms with Gasteiger partial charge in [0, 0.05) is 0 Å². The summed E-state index contributed by atoms with van der Waals surface area (Å²) in [7, 11) is 0. The van der Waals surface area contributed by atoms with Crippen LogP contribution in [0.5, 0.6) is 5.75 Å². The third-order valence-electron chi connectivity index (χ3n) is 5.68. The minimum atomic E-state index is -1.68. The van der Waals surface area contributed by atoms with E-state index in [1.54, 1.807) is 18.2 Å². The van der Waals surface area contributed by atoms with Gasteiger partial charge in [0.1, 0.15) is 12.4 Å². The smallest absolute Gasteiger partial charge is 0.504 e. The monoisotopic (exact) mass is 354 g/mol. The van der Waals surface area contributed by atoms with E-state index in [9.17, 15) is 9.90 Å². The number of benzene rings is 2. The van der Waals surface area contributed by atoms with Crippen LogP contribution in [0.1, 0.15) is 15.9 Å². The third kappa shape index (κ3) is 2.60. The molecule has 0 aromatic heterocycles. The first kappa shape index (κ1) is 17.1. The molecule has 1 amide bonds. The first-order valence-corrected chi connectivity index (χ1v) is 8.97. The molecule has 4 rings (SSSR count). The standard InChI is InChI=1S/C19H23BN2O4/c1-15-6-8-16(9-7-15)20-22(10-12-25-20,11-13-26-20)14-21-19(24)17-4-2-3-5-18(17)23/h2-9,23H,10-14H2,1H3,(H,21,24). The molecule has 0 aliphatic carbocycles. The largest absolute Gasteiger partial charge is 0.507 e. The van der Waals surface area contributed by atoms with Crippen molar-refractivity contribution in [3.05, 3.63) is 59.7 Å². The van der Waals surface area contributed by atoms with Crippen molar-refractivity contribution in [2.24, 2.45) is 0 Å². The molecule has 0 atom stereocenters. The van der Waals surface area contributed by atoms with Crippen molar-refractivity contribution >= 4 is 18.1 Å². The minimum Gasteiger partial charge on any atom is -0.507 e. The Labute approximate surface area is 152 Å². The van der Waals surface area contributed by atoms with Crippen molar-refractivity contribution in [1.29, 1.82) is 0 Å². The Morgan fingerprint density at radius 3 is 2.42 bits per heavy atom. The van der Waals surface area contributed by atoms with E-state index in [-0.39, 0.29) is 17.2 Å². The molecular formula is C19H23BN2O4. The Balaban J connectivity index is 1.59. The zero-order valence-electron chi connectivity index (χ0n) is 14.9. The number of phenols is 1. The third-order valence-corrected chi connectivity index (χ3v) is 5.68. The number of amides is 1. The van der Waals surface area contributed by atoms with Crippen LogP contribution >= 0.6 is 0 Å². The summed E-state index contributed by atoms with van der Waals surface area (Å²) in [5.74, 6) is -0.307. The molecule has 0 radical (unpaired) electrons. The Hall–Kier alpha value is -2.35. The molecule has 26 heavy (non-hydrogen) atoms. The lowest BCUT2D eigenvalue weighted by molar-refractivity contribution is -0.822. The molecule has 0 saturated carbocycles. The lowest BCUT2D eigenvalue weighted by atomic mass is 9.61. The van der Waals surface area contributed by atoms with Gasteiger partial charge in [0.25, 0.3) is 5.91 Å². The number of nitrogens with one attached hydrogen (secondary N) is 1. The number of rotatable bonds is 4. The summed E-state index contributed by atoms with van der Waals surface area (Å²) in [4.78, 5) is 12.5. The van der Waals surface area contributed by atoms with Crippen LogP contribution in [-0.2, 0) is 9.31 Å². The topological polar surface area (TPSA) is 67.8 Å². The molecule has 136 valence electrons. The van der Waals surface area contributed by atoms with Crippen LogP contribution in [0, 0.1) is 6.92 Å². The fourth-order valence-corrected chi connectivity index (χ4v) is 4.19. The first-order chi connectivity index (χ1) is 12.6. The summed E-state index contributed by atoms with van der Waals surface area (Å²) >= 11 is 0. The van der Waals surface area contributed by atoms with Crippen molar-refractivity contribution in [1.82, 2.24) is 5.32 Å². The summed E-state index contributed by atoms with van der Waals surface area (Å²) in [5, 5.41) is 12.9. The zero-order valence-corrected chi connectivity index (χ0v) is 14.9. The van der Waals surface area contributed by atoms with E-state index in [4.69, 9.17) is 9.31 Å². The average Bonchev–Trinajstić information content (AvgIpc) is 3.17. The van der Waals surface area contributed by atoms with Gasteiger partial charge in [-0.05, 0) is 19.1 Å². The quantitative estimate of drug-likeness (QED) is 0.808. The molecule has 2 aromatic rings. The minimum absolute atomic E-state index is 0.0179. The highest BCUT2D eigenvalue weighted by atomic mass is 16.6. The van der Waals surface area contributed by atoms with Crippen molar-refractivity contribution in [2.45, 2.75) is 6.92 Å². The number of hydrogen-bond acceptors (Lipinski definition) is 4. The molecule has 0 unspecified atom stereocenters. The predicted molar refractivity (Wildman–Crippen MR) is 98.9 cm³/mol. The number of para-hydroxylation sites is 1. The molecule has 7 heteroatoms. The summed E-state index contributed by atoms with van der Waals surface area (Å²) in [6.45, 7) is 3.54. The van der Waals surface area contributed by atoms with Gasteiger partial charge in [-0.3, -0.25) is 4.79 Å². The van der Waals surface area contributed by atoms with E-state index in [1.165, 1.54) is 11.6 Å². The molecule has 2 heterocycles. The first-order valence-electron chi connectivity index (χ1n) is 8.97. The number of carbonyl (C=O) groups excluding carboxylic acids is 1. The van der Waals surface area contributed by atoms with E-state index >= 15 is 0 Å². The average molecular weight is 354 g/mol. The lowest BCUT2D eigenvalue weighted by Crippen LogP contribution is -2.71. The van der Waals surface area contributed by atoms with E-state index in [0.29, 0.717) is 24.3 Å². The SMILES string of the molecule is Cc1ccc([B-]23OCC[N+]2(CNC(=O)c2ccccc2O)CCO3)cc1. The highest BCUT2D eigenvalue weighted by molar-refractivity contribution is 6.75. The van der Waals surface area contributed by atoms with Crippen molar-refractivity contribution in [3.63, 3.8) is 0 Å². The highest BCUT2D eigenvalue weighted by Crippen LogP contribution is 2.33. The summed E-state index contributed by atoms with van der Waals surface area (Å²) in [6, 6.07) is 14.8. The van der Waals surface area contributed by atoms with E-state index in [0.717, 1.165) is 18.6 Å². The molecule has 2 N–H and O–H groups in total. The fraction of sp³-hybridized carbons (Fsp3) is 0.316. The number of hydrogen-bond donors (Lipinski definition) is 2. The number of carbonyl (C=O) groups is 1. The summed E-state index contributed by atoms with van der Waals surface area (Å²) in [6.07, 6.45) is 0. The zero-order chi connectivity index (χ0) is 18.2.